The summed E-state index contributed by atoms with van der Waals surface area (Å²) in [4.78, 5) is 1.43. The maximum absolute atomic E-state index is 5.35. The molecule has 1 aliphatic rings. The summed E-state index contributed by atoms with van der Waals surface area (Å²) in [6.45, 7) is 0.928. The maximum Gasteiger partial charge on any atom is 0.123 e. The molecule has 0 unspecified atom stereocenters. The molecule has 0 saturated carbocycles. The van der Waals surface area contributed by atoms with Gasteiger partial charge >= 0.3 is 0 Å². The van der Waals surface area contributed by atoms with Gasteiger partial charge in [-0.3, -0.25) is 0 Å². The molecule has 0 aromatic heterocycles. The smallest absolute Gasteiger partial charge is 0.123 e. The minimum atomic E-state index is 0.537. The van der Waals surface area contributed by atoms with E-state index in [-0.39, 0.29) is 0 Å². The van der Waals surface area contributed by atoms with Gasteiger partial charge in [-0.1, -0.05) is 18.2 Å². The van der Waals surface area contributed by atoms with Gasteiger partial charge in [-0.15, -0.1) is 11.8 Å². The van der Waals surface area contributed by atoms with Gasteiger partial charge < -0.3 is 14.8 Å². The molecule has 22 heavy (non-hydrogen) atoms. The van der Waals surface area contributed by atoms with E-state index < -0.39 is 0 Å². The van der Waals surface area contributed by atoms with Gasteiger partial charge in [0.15, 0.2) is 0 Å². The third-order valence-corrected chi connectivity index (χ3v) is 5.18. The highest BCUT2D eigenvalue weighted by atomic mass is 32.2. The van der Waals surface area contributed by atoms with Crippen LogP contribution in [0.1, 0.15) is 23.6 Å². The Morgan fingerprint density at radius 2 is 1.82 bits per heavy atom. The number of ether oxygens (including phenoxy) is 2. The first kappa shape index (κ1) is 15.3. The van der Waals surface area contributed by atoms with Gasteiger partial charge in [0, 0.05) is 34.3 Å². The number of methoxy groups -OCH3 is 2. The number of nitrogens with two attached hydrogens (primary N) is 1. The van der Waals surface area contributed by atoms with Crippen LogP contribution in [-0.2, 0) is 6.54 Å². The van der Waals surface area contributed by atoms with Crippen molar-refractivity contribution in [3.05, 3.63) is 53.6 Å². The number of rotatable bonds is 5. The average Bonchev–Trinajstić information content (AvgIpc) is 2.59. The Morgan fingerprint density at radius 3 is 2.55 bits per heavy atom. The van der Waals surface area contributed by atoms with Crippen molar-refractivity contribution < 1.29 is 14.8 Å². The Hall–Kier alpha value is -1.65. The lowest BCUT2D eigenvalue weighted by molar-refractivity contribution is -0.711. The van der Waals surface area contributed by atoms with Gasteiger partial charge in [0.2, 0.25) is 0 Å². The Morgan fingerprint density at radius 1 is 1.09 bits per heavy atom. The second kappa shape index (κ2) is 7.07. The number of thioether (sulfide) groups is 1. The predicted octanol–water partition coefficient (Wildman–Crippen LogP) is 3.00. The van der Waals surface area contributed by atoms with Crippen LogP contribution in [0.4, 0.5) is 0 Å². The summed E-state index contributed by atoms with van der Waals surface area (Å²) >= 11 is 1.97. The van der Waals surface area contributed by atoms with E-state index in [9.17, 15) is 0 Å². The van der Waals surface area contributed by atoms with Crippen molar-refractivity contribution in [1.82, 2.24) is 0 Å². The van der Waals surface area contributed by atoms with Crippen molar-refractivity contribution in [2.75, 3.05) is 20.0 Å². The number of hydrogen-bond donors (Lipinski definition) is 1. The molecule has 2 aromatic rings. The van der Waals surface area contributed by atoms with Crippen LogP contribution in [0, 0.1) is 0 Å². The highest BCUT2D eigenvalue weighted by molar-refractivity contribution is 7.99. The number of hydrogen-bond acceptors (Lipinski definition) is 3. The molecule has 0 aliphatic carbocycles. The summed E-state index contributed by atoms with van der Waals surface area (Å²) < 4.78 is 10.7. The molecule has 2 N–H and O–H groups in total. The van der Waals surface area contributed by atoms with Gasteiger partial charge in [0.1, 0.15) is 24.1 Å². The van der Waals surface area contributed by atoms with Crippen LogP contribution in [0.5, 0.6) is 11.5 Å². The lowest BCUT2D eigenvalue weighted by atomic mass is 10.0. The van der Waals surface area contributed by atoms with Crippen LogP contribution in [0.25, 0.3) is 0 Å². The average molecular weight is 316 g/mol. The van der Waals surface area contributed by atoms with Crippen LogP contribution in [0.3, 0.4) is 0 Å². The third kappa shape index (κ3) is 3.39. The predicted molar refractivity (Wildman–Crippen MR) is 89.7 cm³/mol. The van der Waals surface area contributed by atoms with Crippen molar-refractivity contribution in [2.24, 2.45) is 0 Å². The number of fused-ring (bicyclic) bond motifs is 1. The largest absolute Gasteiger partial charge is 0.497 e. The van der Waals surface area contributed by atoms with Crippen LogP contribution in [0.15, 0.2) is 47.4 Å². The summed E-state index contributed by atoms with van der Waals surface area (Å²) in [5.74, 6) is 2.89. The zero-order valence-electron chi connectivity index (χ0n) is 13.0. The van der Waals surface area contributed by atoms with Crippen molar-refractivity contribution in [2.45, 2.75) is 23.9 Å². The van der Waals surface area contributed by atoms with E-state index in [1.54, 1.807) is 14.2 Å². The summed E-state index contributed by atoms with van der Waals surface area (Å²) in [7, 11) is 3.38. The van der Waals surface area contributed by atoms with Crippen molar-refractivity contribution >= 4 is 11.8 Å². The van der Waals surface area contributed by atoms with Gasteiger partial charge in [0.05, 0.1) is 14.2 Å². The van der Waals surface area contributed by atoms with E-state index >= 15 is 0 Å². The molecular weight excluding hydrogens is 294 g/mol. The van der Waals surface area contributed by atoms with E-state index in [0.717, 1.165) is 18.0 Å². The van der Waals surface area contributed by atoms with E-state index in [1.165, 1.54) is 28.2 Å². The highest BCUT2D eigenvalue weighted by Gasteiger charge is 2.22. The maximum atomic E-state index is 5.35. The molecule has 0 fully saturated rings. The van der Waals surface area contributed by atoms with Crippen molar-refractivity contribution in [3.63, 3.8) is 0 Å². The molecule has 0 spiro atoms. The van der Waals surface area contributed by atoms with Crippen LogP contribution >= 0.6 is 11.8 Å². The third-order valence-electron chi connectivity index (χ3n) is 4.05. The molecule has 0 saturated heterocycles. The lowest BCUT2D eigenvalue weighted by Gasteiger charge is -2.23. The molecule has 116 valence electrons. The van der Waals surface area contributed by atoms with E-state index in [2.05, 4.69) is 41.7 Å². The second-order valence-corrected chi connectivity index (χ2v) is 6.58. The molecule has 3 rings (SSSR count). The first-order chi connectivity index (χ1) is 10.8. The number of quaternary nitrogens is 1. The van der Waals surface area contributed by atoms with Crippen LogP contribution in [0.2, 0.25) is 0 Å². The fourth-order valence-corrected chi connectivity index (χ4v) is 4.03. The summed E-state index contributed by atoms with van der Waals surface area (Å²) in [5, 5.41) is 2.42. The zero-order valence-corrected chi connectivity index (χ0v) is 13.9. The van der Waals surface area contributed by atoms with Crippen molar-refractivity contribution in [3.8, 4) is 11.5 Å². The fraction of sp³-hybridized carbons (Fsp3) is 0.333. The summed E-state index contributed by atoms with van der Waals surface area (Å²) in [6, 6.07) is 15.4. The Labute approximate surface area is 136 Å². The molecule has 0 amide bonds. The van der Waals surface area contributed by atoms with Crippen LogP contribution < -0.4 is 14.8 Å². The SMILES string of the molecule is COc1cc(C[NH2+][C@@H]2CCSc3ccccc32)cc(OC)c1. The molecule has 1 heterocycles. The molecule has 1 aliphatic heterocycles. The molecular formula is C18H22NO2S+. The minimum absolute atomic E-state index is 0.537. The first-order valence-corrected chi connectivity index (χ1v) is 8.55. The molecule has 2 aromatic carbocycles. The highest BCUT2D eigenvalue weighted by Crippen LogP contribution is 2.34. The number of benzene rings is 2. The second-order valence-electron chi connectivity index (χ2n) is 5.44. The normalized spacial score (nSPS) is 16.9. The standard InChI is InChI=1S/C18H21NO2S/c1-20-14-9-13(10-15(11-14)21-2)12-19-17-7-8-22-18-6-4-3-5-16(17)18/h3-6,9-11,17,19H,7-8,12H2,1-2H3/p+1/t17-/m1/s1. The first-order valence-electron chi connectivity index (χ1n) is 7.57. The quantitative estimate of drug-likeness (QED) is 0.921. The van der Waals surface area contributed by atoms with Gasteiger partial charge in [-0.25, -0.2) is 0 Å². The molecule has 1 atom stereocenters. The van der Waals surface area contributed by atoms with Crippen molar-refractivity contribution in [1.29, 1.82) is 0 Å². The molecule has 0 radical (unpaired) electrons. The molecule has 0 bridgehead atoms. The molecule has 4 heteroatoms. The summed E-state index contributed by atoms with van der Waals surface area (Å²) in [6.07, 6.45) is 1.21. The van der Waals surface area contributed by atoms with Gasteiger partial charge in [-0.05, 0) is 18.2 Å². The van der Waals surface area contributed by atoms with Gasteiger partial charge in [-0.2, -0.15) is 0 Å². The Balaban J connectivity index is 1.73. The molecule has 3 nitrogen and oxygen atoms in total. The Kier molecular flexibility index (Phi) is 4.90. The van der Waals surface area contributed by atoms with E-state index in [1.807, 2.05) is 17.8 Å². The minimum Gasteiger partial charge on any atom is -0.497 e. The monoisotopic (exact) mass is 316 g/mol. The lowest BCUT2D eigenvalue weighted by Crippen LogP contribution is -2.84. The summed E-state index contributed by atoms with van der Waals surface area (Å²) in [5.41, 5.74) is 2.69. The van der Waals surface area contributed by atoms with E-state index in [0.29, 0.717) is 6.04 Å². The van der Waals surface area contributed by atoms with Gasteiger partial charge in [0.25, 0.3) is 0 Å². The topological polar surface area (TPSA) is 35.1 Å². The Bertz CT molecular complexity index is 622. The van der Waals surface area contributed by atoms with Crippen LogP contribution in [-0.4, -0.2) is 20.0 Å². The van der Waals surface area contributed by atoms with E-state index in [4.69, 9.17) is 9.47 Å². The zero-order chi connectivity index (χ0) is 15.4. The fourth-order valence-electron chi connectivity index (χ4n) is 2.88.